The Labute approximate surface area is 143 Å². The molecule has 0 radical (unpaired) electrons. The molecule has 3 N–H and O–H groups in total. The van der Waals surface area contributed by atoms with E-state index < -0.39 is 6.10 Å². The maximum atomic E-state index is 11.7. The second-order valence-electron chi connectivity index (χ2n) is 5.48. The highest BCUT2D eigenvalue weighted by atomic mass is 35.5. The molecular formula is C16H25ClN2O4. The summed E-state index contributed by atoms with van der Waals surface area (Å²) in [7, 11) is 0. The minimum atomic E-state index is -0.669. The molecule has 0 aromatic heterocycles. The van der Waals surface area contributed by atoms with Crippen LogP contribution >= 0.6 is 12.4 Å². The van der Waals surface area contributed by atoms with Gasteiger partial charge in [-0.2, -0.15) is 0 Å². The second-order valence-corrected chi connectivity index (χ2v) is 5.48. The van der Waals surface area contributed by atoms with E-state index in [0.29, 0.717) is 23.5 Å². The number of aliphatic hydroxyl groups excluding tert-OH is 1. The summed E-state index contributed by atoms with van der Waals surface area (Å²) < 4.78 is 5.53. The van der Waals surface area contributed by atoms with Crippen LogP contribution in [0.15, 0.2) is 18.2 Å². The van der Waals surface area contributed by atoms with E-state index in [0.717, 1.165) is 0 Å². The number of ketones is 1. The van der Waals surface area contributed by atoms with Gasteiger partial charge < -0.3 is 20.5 Å². The molecule has 0 bridgehead atoms. The quantitative estimate of drug-likeness (QED) is 0.628. The standard InChI is InChI=1S/C16H24N2O4.ClH/c1-10(2)17-8-14(21)9-22-16-6-5-13(18-12(4)20)7-15(16)11(3)19;/h5-7,10,14,17,21H,8-9H2,1-4H3,(H,18,20);1H/t14-;/m0./s1. The maximum absolute atomic E-state index is 11.7. The van der Waals surface area contributed by atoms with Crippen LogP contribution in [0.4, 0.5) is 5.69 Å². The Hall–Kier alpha value is -1.63. The van der Waals surface area contributed by atoms with Gasteiger partial charge in [-0.15, -0.1) is 12.4 Å². The number of nitrogens with one attached hydrogen (secondary N) is 2. The predicted octanol–water partition coefficient (Wildman–Crippen LogP) is 2.01. The first-order valence-corrected chi connectivity index (χ1v) is 7.26. The van der Waals surface area contributed by atoms with Crippen LogP contribution in [-0.2, 0) is 4.79 Å². The third-order valence-corrected chi connectivity index (χ3v) is 2.87. The topological polar surface area (TPSA) is 87.7 Å². The lowest BCUT2D eigenvalue weighted by molar-refractivity contribution is -0.114. The molecule has 7 heteroatoms. The van der Waals surface area contributed by atoms with Crippen LogP contribution in [0.1, 0.15) is 38.1 Å². The van der Waals surface area contributed by atoms with E-state index in [1.165, 1.54) is 13.8 Å². The van der Waals surface area contributed by atoms with Crippen molar-refractivity contribution in [1.82, 2.24) is 5.32 Å². The van der Waals surface area contributed by atoms with E-state index in [4.69, 9.17) is 4.74 Å². The zero-order chi connectivity index (χ0) is 16.7. The highest BCUT2D eigenvalue weighted by molar-refractivity contribution is 5.99. The number of halogens is 1. The molecule has 0 saturated carbocycles. The molecule has 0 fully saturated rings. The van der Waals surface area contributed by atoms with Crippen LogP contribution in [0, 0.1) is 0 Å². The summed E-state index contributed by atoms with van der Waals surface area (Å²) in [5.74, 6) is 0.0144. The van der Waals surface area contributed by atoms with Gasteiger partial charge in [0, 0.05) is 25.2 Å². The van der Waals surface area contributed by atoms with Crippen molar-refractivity contribution in [2.45, 2.75) is 39.8 Å². The van der Waals surface area contributed by atoms with Crippen LogP contribution in [0.3, 0.4) is 0 Å². The van der Waals surface area contributed by atoms with Crippen LogP contribution in [0.5, 0.6) is 5.75 Å². The lowest BCUT2D eigenvalue weighted by Crippen LogP contribution is -2.35. The van der Waals surface area contributed by atoms with Crippen LogP contribution in [0.2, 0.25) is 0 Å². The summed E-state index contributed by atoms with van der Waals surface area (Å²) in [6.07, 6.45) is -0.669. The van der Waals surface area contributed by atoms with E-state index >= 15 is 0 Å². The summed E-state index contributed by atoms with van der Waals surface area (Å²) in [6, 6.07) is 5.11. The summed E-state index contributed by atoms with van der Waals surface area (Å²) in [4.78, 5) is 22.8. The van der Waals surface area contributed by atoms with Gasteiger partial charge in [-0.3, -0.25) is 9.59 Å². The summed E-state index contributed by atoms with van der Waals surface area (Å²) in [6.45, 7) is 7.30. The molecule has 1 amide bonds. The van der Waals surface area contributed by atoms with Gasteiger partial charge in [0.25, 0.3) is 0 Å². The molecule has 1 atom stereocenters. The minimum absolute atomic E-state index is 0. The van der Waals surface area contributed by atoms with Crippen molar-refractivity contribution in [2.75, 3.05) is 18.5 Å². The number of anilines is 1. The average Bonchev–Trinajstić information content (AvgIpc) is 2.42. The van der Waals surface area contributed by atoms with E-state index in [-0.39, 0.29) is 36.7 Å². The number of rotatable bonds is 8. The Bertz CT molecular complexity index is 535. The van der Waals surface area contributed by atoms with E-state index in [1.807, 2.05) is 13.8 Å². The molecule has 0 heterocycles. The zero-order valence-corrected chi connectivity index (χ0v) is 14.7. The fourth-order valence-electron chi connectivity index (χ4n) is 1.83. The number of aliphatic hydroxyl groups is 1. The van der Waals surface area contributed by atoms with Gasteiger partial charge in [-0.05, 0) is 25.1 Å². The Balaban J connectivity index is 0.00000484. The number of Topliss-reactive ketones (excluding diaryl/α,β-unsaturated/α-hetero) is 1. The number of amides is 1. The molecular weight excluding hydrogens is 320 g/mol. The Morgan fingerprint density at radius 2 is 1.91 bits per heavy atom. The number of ether oxygens (including phenoxy) is 1. The van der Waals surface area contributed by atoms with Crippen LogP contribution < -0.4 is 15.4 Å². The van der Waals surface area contributed by atoms with Crippen molar-refractivity contribution in [3.05, 3.63) is 23.8 Å². The first-order chi connectivity index (χ1) is 10.3. The van der Waals surface area contributed by atoms with Crippen molar-refractivity contribution in [3.8, 4) is 5.75 Å². The highest BCUT2D eigenvalue weighted by Crippen LogP contribution is 2.23. The lowest BCUT2D eigenvalue weighted by Gasteiger charge is -2.16. The number of carbonyl (C=O) groups excluding carboxylic acids is 2. The van der Waals surface area contributed by atoms with Crippen molar-refractivity contribution >= 4 is 29.8 Å². The molecule has 23 heavy (non-hydrogen) atoms. The monoisotopic (exact) mass is 344 g/mol. The van der Waals surface area contributed by atoms with Crippen LogP contribution in [0.25, 0.3) is 0 Å². The summed E-state index contributed by atoms with van der Waals surface area (Å²) in [5, 5.41) is 15.6. The van der Waals surface area contributed by atoms with Crippen molar-refractivity contribution < 1.29 is 19.4 Å². The third-order valence-electron chi connectivity index (χ3n) is 2.87. The fourth-order valence-corrected chi connectivity index (χ4v) is 1.83. The third kappa shape index (κ3) is 7.97. The zero-order valence-electron chi connectivity index (χ0n) is 13.9. The molecule has 130 valence electrons. The van der Waals surface area contributed by atoms with E-state index in [9.17, 15) is 14.7 Å². The van der Waals surface area contributed by atoms with Crippen molar-refractivity contribution in [1.29, 1.82) is 0 Å². The Morgan fingerprint density at radius 1 is 1.26 bits per heavy atom. The predicted molar refractivity (Wildman–Crippen MR) is 92.6 cm³/mol. The maximum Gasteiger partial charge on any atom is 0.221 e. The molecule has 0 spiro atoms. The Morgan fingerprint density at radius 3 is 2.43 bits per heavy atom. The number of hydrogen-bond donors (Lipinski definition) is 3. The molecule has 1 aromatic rings. The van der Waals surface area contributed by atoms with Gasteiger partial charge in [0.2, 0.25) is 5.91 Å². The highest BCUT2D eigenvalue weighted by Gasteiger charge is 2.13. The second kappa shape index (κ2) is 10.2. The van der Waals surface area contributed by atoms with Gasteiger partial charge in [0.15, 0.2) is 5.78 Å². The van der Waals surface area contributed by atoms with Gasteiger partial charge in [0.1, 0.15) is 18.5 Å². The number of benzene rings is 1. The first kappa shape index (κ1) is 21.4. The smallest absolute Gasteiger partial charge is 0.221 e. The van der Waals surface area contributed by atoms with Gasteiger partial charge in [-0.1, -0.05) is 13.8 Å². The summed E-state index contributed by atoms with van der Waals surface area (Å²) >= 11 is 0. The minimum Gasteiger partial charge on any atom is -0.490 e. The molecule has 0 aliphatic carbocycles. The molecule has 1 rings (SSSR count). The van der Waals surface area contributed by atoms with Gasteiger partial charge in [0.05, 0.1) is 5.56 Å². The first-order valence-electron chi connectivity index (χ1n) is 7.26. The van der Waals surface area contributed by atoms with Gasteiger partial charge >= 0.3 is 0 Å². The number of hydrogen-bond acceptors (Lipinski definition) is 5. The Kier molecular flexibility index (Phi) is 9.48. The van der Waals surface area contributed by atoms with Crippen molar-refractivity contribution in [3.63, 3.8) is 0 Å². The average molecular weight is 345 g/mol. The van der Waals surface area contributed by atoms with Crippen molar-refractivity contribution in [2.24, 2.45) is 0 Å². The normalized spacial score (nSPS) is 11.6. The SMILES string of the molecule is CC(=O)Nc1ccc(OC[C@@H](O)CNC(C)C)c(C(C)=O)c1.Cl. The fraction of sp³-hybridized carbons (Fsp3) is 0.500. The molecule has 0 aliphatic heterocycles. The van der Waals surface area contributed by atoms with E-state index in [2.05, 4.69) is 10.6 Å². The molecule has 0 unspecified atom stereocenters. The largest absolute Gasteiger partial charge is 0.490 e. The number of carbonyl (C=O) groups is 2. The lowest BCUT2D eigenvalue weighted by atomic mass is 10.1. The van der Waals surface area contributed by atoms with Gasteiger partial charge in [-0.25, -0.2) is 0 Å². The summed E-state index contributed by atoms with van der Waals surface area (Å²) in [5.41, 5.74) is 0.905. The van der Waals surface area contributed by atoms with Crippen LogP contribution in [-0.4, -0.2) is 42.1 Å². The molecule has 6 nitrogen and oxygen atoms in total. The molecule has 0 aliphatic rings. The molecule has 0 saturated heterocycles. The van der Waals surface area contributed by atoms with E-state index in [1.54, 1.807) is 18.2 Å². The molecule has 1 aromatic carbocycles.